The molecule has 1 amide bonds. The van der Waals surface area contributed by atoms with Crippen molar-refractivity contribution < 1.29 is 14.6 Å². The van der Waals surface area contributed by atoms with Crippen LogP contribution in [0.25, 0.3) is 0 Å². The van der Waals surface area contributed by atoms with Crippen LogP contribution in [0.1, 0.15) is 70.5 Å². The standard InChI is InChI=1S/C19H35N3O3S/c1-7-13(2)8-9-14(3)22-17(24)16-11-20-18(26-16)25-12-15(23)10-21-19(4,5)6/h11,13-15,21,23H,7-10,12H2,1-6H3,(H,22,24). The molecule has 3 N–H and O–H groups in total. The number of hydrogen-bond donors (Lipinski definition) is 3. The zero-order valence-electron chi connectivity index (χ0n) is 17.0. The van der Waals surface area contributed by atoms with E-state index >= 15 is 0 Å². The SMILES string of the molecule is CCC(C)CCC(C)NC(=O)c1cnc(OCC(O)CNC(C)(C)C)s1. The molecule has 0 fully saturated rings. The number of β-amino-alcohol motifs (C(OH)–C–C–N with tert-alkyl or cyclic N) is 1. The Labute approximate surface area is 161 Å². The van der Waals surface area contributed by atoms with Crippen molar-refractivity contribution in [2.24, 2.45) is 5.92 Å². The number of thiazole rings is 1. The molecule has 26 heavy (non-hydrogen) atoms. The summed E-state index contributed by atoms with van der Waals surface area (Å²) < 4.78 is 5.50. The van der Waals surface area contributed by atoms with Crippen molar-refractivity contribution in [2.75, 3.05) is 13.2 Å². The Bertz CT molecular complexity index is 542. The fraction of sp³-hybridized carbons (Fsp3) is 0.789. The summed E-state index contributed by atoms with van der Waals surface area (Å²) in [5, 5.41) is 16.6. The molecule has 1 aromatic heterocycles. The molecular weight excluding hydrogens is 350 g/mol. The van der Waals surface area contributed by atoms with Gasteiger partial charge in [0.2, 0.25) is 0 Å². The molecule has 1 aromatic rings. The van der Waals surface area contributed by atoms with Gasteiger partial charge in [-0.3, -0.25) is 4.79 Å². The highest BCUT2D eigenvalue weighted by molar-refractivity contribution is 7.15. The molecule has 1 heterocycles. The third-order valence-corrected chi connectivity index (χ3v) is 5.05. The van der Waals surface area contributed by atoms with Crippen LogP contribution in [-0.4, -0.2) is 46.8 Å². The van der Waals surface area contributed by atoms with Crippen LogP contribution in [-0.2, 0) is 0 Å². The van der Waals surface area contributed by atoms with Gasteiger partial charge in [0.1, 0.15) is 17.6 Å². The molecule has 1 rings (SSSR count). The van der Waals surface area contributed by atoms with E-state index in [-0.39, 0.29) is 24.1 Å². The Morgan fingerprint density at radius 1 is 1.35 bits per heavy atom. The molecule has 0 aliphatic heterocycles. The third kappa shape index (κ3) is 9.50. The molecule has 7 heteroatoms. The van der Waals surface area contributed by atoms with E-state index in [2.05, 4.69) is 29.5 Å². The van der Waals surface area contributed by atoms with Crippen molar-refractivity contribution in [1.29, 1.82) is 0 Å². The van der Waals surface area contributed by atoms with Gasteiger partial charge < -0.3 is 20.5 Å². The number of aliphatic hydroxyl groups is 1. The maximum atomic E-state index is 12.3. The van der Waals surface area contributed by atoms with Crippen molar-refractivity contribution in [3.8, 4) is 5.19 Å². The lowest BCUT2D eigenvalue weighted by Crippen LogP contribution is -2.42. The van der Waals surface area contributed by atoms with Crippen LogP contribution in [0.15, 0.2) is 6.20 Å². The Kier molecular flexibility index (Phi) is 9.54. The quantitative estimate of drug-likeness (QED) is 0.545. The number of hydrogen-bond acceptors (Lipinski definition) is 6. The van der Waals surface area contributed by atoms with Crippen LogP contribution >= 0.6 is 11.3 Å². The second-order valence-electron chi connectivity index (χ2n) is 8.05. The molecule has 0 saturated heterocycles. The molecule has 0 bridgehead atoms. The number of amides is 1. The molecule has 0 aliphatic carbocycles. The molecular formula is C19H35N3O3S. The molecule has 0 spiro atoms. The second-order valence-corrected chi connectivity index (χ2v) is 9.04. The van der Waals surface area contributed by atoms with E-state index in [1.165, 1.54) is 17.5 Å². The highest BCUT2D eigenvalue weighted by atomic mass is 32.1. The van der Waals surface area contributed by atoms with Gasteiger partial charge in [0.15, 0.2) is 0 Å². The van der Waals surface area contributed by atoms with E-state index in [1.54, 1.807) is 0 Å². The highest BCUT2D eigenvalue weighted by Gasteiger charge is 2.16. The monoisotopic (exact) mass is 385 g/mol. The van der Waals surface area contributed by atoms with Crippen LogP contribution < -0.4 is 15.4 Å². The summed E-state index contributed by atoms with van der Waals surface area (Å²) in [5.74, 6) is 0.556. The van der Waals surface area contributed by atoms with Gasteiger partial charge in [-0.05, 0) is 46.5 Å². The zero-order chi connectivity index (χ0) is 19.7. The van der Waals surface area contributed by atoms with Gasteiger partial charge in [-0.2, -0.15) is 0 Å². The summed E-state index contributed by atoms with van der Waals surface area (Å²) in [7, 11) is 0. The Morgan fingerprint density at radius 2 is 2.04 bits per heavy atom. The Balaban J connectivity index is 2.38. The lowest BCUT2D eigenvalue weighted by atomic mass is 10.00. The van der Waals surface area contributed by atoms with E-state index in [1.807, 2.05) is 27.7 Å². The van der Waals surface area contributed by atoms with Crippen molar-refractivity contribution in [1.82, 2.24) is 15.6 Å². The number of rotatable bonds is 11. The van der Waals surface area contributed by atoms with Crippen LogP contribution in [0.2, 0.25) is 0 Å². The van der Waals surface area contributed by atoms with E-state index in [0.29, 0.717) is 22.5 Å². The van der Waals surface area contributed by atoms with E-state index < -0.39 is 6.10 Å². The van der Waals surface area contributed by atoms with Gasteiger partial charge in [0.05, 0.1) is 6.20 Å². The van der Waals surface area contributed by atoms with Crippen molar-refractivity contribution in [2.45, 2.75) is 78.5 Å². The van der Waals surface area contributed by atoms with Gasteiger partial charge in [0, 0.05) is 18.1 Å². The fourth-order valence-corrected chi connectivity index (χ4v) is 2.86. The molecule has 3 atom stereocenters. The maximum Gasteiger partial charge on any atom is 0.273 e. The highest BCUT2D eigenvalue weighted by Crippen LogP contribution is 2.21. The minimum atomic E-state index is -0.629. The van der Waals surface area contributed by atoms with Crippen LogP contribution in [0.3, 0.4) is 0 Å². The minimum absolute atomic E-state index is 0.0565. The van der Waals surface area contributed by atoms with Crippen molar-refractivity contribution in [3.05, 3.63) is 11.1 Å². The van der Waals surface area contributed by atoms with Gasteiger partial charge in [-0.15, -0.1) is 0 Å². The topological polar surface area (TPSA) is 83.5 Å². The molecule has 3 unspecified atom stereocenters. The predicted octanol–water partition coefficient (Wildman–Crippen LogP) is 3.22. The molecule has 6 nitrogen and oxygen atoms in total. The number of nitrogens with one attached hydrogen (secondary N) is 2. The molecule has 150 valence electrons. The van der Waals surface area contributed by atoms with Crippen molar-refractivity contribution in [3.63, 3.8) is 0 Å². The normalized spacial score (nSPS) is 15.3. The first-order valence-electron chi connectivity index (χ1n) is 9.43. The number of ether oxygens (including phenoxy) is 1. The average Bonchev–Trinajstić information content (AvgIpc) is 3.04. The minimum Gasteiger partial charge on any atom is -0.467 e. The second kappa shape index (κ2) is 10.8. The Morgan fingerprint density at radius 3 is 2.65 bits per heavy atom. The smallest absolute Gasteiger partial charge is 0.273 e. The third-order valence-electron chi connectivity index (χ3n) is 4.14. The summed E-state index contributed by atoms with van der Waals surface area (Å²) in [6, 6.07) is 0.133. The summed E-state index contributed by atoms with van der Waals surface area (Å²) >= 11 is 1.20. The van der Waals surface area contributed by atoms with Gasteiger partial charge in [-0.1, -0.05) is 31.6 Å². The lowest BCUT2D eigenvalue weighted by Gasteiger charge is -2.22. The first-order chi connectivity index (χ1) is 12.1. The fourth-order valence-electron chi connectivity index (χ4n) is 2.19. The van der Waals surface area contributed by atoms with Gasteiger partial charge in [0.25, 0.3) is 11.1 Å². The molecule has 0 saturated carbocycles. The number of carbonyl (C=O) groups excluding carboxylic acids is 1. The summed E-state index contributed by atoms with van der Waals surface area (Å²) in [4.78, 5) is 16.9. The number of nitrogens with zero attached hydrogens (tertiary/aromatic N) is 1. The largest absolute Gasteiger partial charge is 0.467 e. The van der Waals surface area contributed by atoms with E-state index in [0.717, 1.165) is 19.3 Å². The molecule has 0 radical (unpaired) electrons. The van der Waals surface area contributed by atoms with Crippen LogP contribution in [0.5, 0.6) is 5.19 Å². The predicted molar refractivity (Wildman–Crippen MR) is 107 cm³/mol. The summed E-state index contributed by atoms with van der Waals surface area (Å²) in [5.41, 5.74) is -0.0565. The molecule has 0 aliphatic rings. The van der Waals surface area contributed by atoms with Crippen LogP contribution in [0, 0.1) is 5.92 Å². The summed E-state index contributed by atoms with van der Waals surface area (Å²) in [6.07, 6.45) is 4.13. The van der Waals surface area contributed by atoms with Gasteiger partial charge in [-0.25, -0.2) is 4.98 Å². The average molecular weight is 386 g/mol. The van der Waals surface area contributed by atoms with Crippen molar-refractivity contribution >= 4 is 17.2 Å². The first kappa shape index (κ1) is 22.9. The maximum absolute atomic E-state index is 12.3. The summed E-state index contributed by atoms with van der Waals surface area (Å²) in [6.45, 7) is 13.1. The van der Waals surface area contributed by atoms with Crippen LogP contribution in [0.4, 0.5) is 0 Å². The molecule has 0 aromatic carbocycles. The number of carbonyl (C=O) groups is 1. The zero-order valence-corrected chi connectivity index (χ0v) is 17.8. The van der Waals surface area contributed by atoms with E-state index in [9.17, 15) is 9.90 Å². The number of aliphatic hydroxyl groups excluding tert-OH is 1. The van der Waals surface area contributed by atoms with E-state index in [4.69, 9.17) is 4.74 Å². The lowest BCUT2D eigenvalue weighted by molar-refractivity contribution is 0.0941. The first-order valence-corrected chi connectivity index (χ1v) is 10.2. The van der Waals surface area contributed by atoms with Gasteiger partial charge >= 0.3 is 0 Å². The Hall–Kier alpha value is -1.18. The number of aromatic nitrogens is 1.